The molecule has 0 aliphatic heterocycles. The van der Waals surface area contributed by atoms with Gasteiger partial charge in [0.05, 0.1) is 0 Å². The van der Waals surface area contributed by atoms with E-state index in [9.17, 15) is 0 Å². The van der Waals surface area contributed by atoms with Gasteiger partial charge < -0.3 is 0 Å². The summed E-state index contributed by atoms with van der Waals surface area (Å²) in [4.78, 5) is 0. The second kappa shape index (κ2) is 4.35. The van der Waals surface area contributed by atoms with Crippen molar-refractivity contribution in [2.45, 2.75) is 6.92 Å². The monoisotopic (exact) mass is 243 g/mol. The molecule has 0 saturated carbocycles. The van der Waals surface area contributed by atoms with Crippen LogP contribution in [0.4, 0.5) is 0 Å². The molecule has 52 valence electrons. The molecule has 0 N–H and O–H groups in total. The van der Waals surface area contributed by atoms with Gasteiger partial charge in [-0.3, -0.25) is 0 Å². The van der Waals surface area contributed by atoms with E-state index in [1.807, 2.05) is 13.0 Å². The molecule has 0 amide bonds. The molecule has 10 heavy (non-hydrogen) atoms. The van der Waals surface area contributed by atoms with Crippen LogP contribution in [-0.2, 0) is 0 Å². The van der Waals surface area contributed by atoms with Crippen molar-refractivity contribution in [3.8, 4) is 9.85 Å². The number of hydrogen-bond acceptors (Lipinski definition) is 0. The maximum atomic E-state index is 3.12. The first-order chi connectivity index (χ1) is 4.93. The molecular weight excluding hydrogens is 235 g/mol. The molecule has 0 aromatic heterocycles. The maximum absolute atomic E-state index is 3.12. The van der Waals surface area contributed by atoms with Gasteiger partial charge in [-0.25, -0.2) is 0 Å². The molecule has 1 heteroatoms. The molecule has 0 aliphatic rings. The Morgan fingerprint density at radius 2 is 1.90 bits per heavy atom. The summed E-state index contributed by atoms with van der Waals surface area (Å²) in [5.74, 6) is 2.92. The Bertz CT molecular complexity index is 240. The molecule has 1 rings (SSSR count). The van der Waals surface area contributed by atoms with E-state index in [0.717, 1.165) is 0 Å². The fourth-order valence-corrected chi connectivity index (χ4v) is 1.94. The van der Waals surface area contributed by atoms with Crippen molar-refractivity contribution >= 4 is 0 Å². The summed E-state index contributed by atoms with van der Waals surface area (Å²) in [5, 5.41) is 0. The van der Waals surface area contributed by atoms with Gasteiger partial charge in [-0.1, -0.05) is 0 Å². The third-order valence-corrected chi connectivity index (χ3v) is 3.14. The molecular formula is C9H8I-. The molecule has 0 bridgehead atoms. The molecule has 0 spiro atoms. The van der Waals surface area contributed by atoms with E-state index in [4.69, 9.17) is 0 Å². The van der Waals surface area contributed by atoms with E-state index < -0.39 is 0 Å². The minimum atomic E-state index is -0.0344. The Morgan fingerprint density at radius 3 is 2.50 bits per heavy atom. The van der Waals surface area contributed by atoms with Gasteiger partial charge in [0.1, 0.15) is 0 Å². The zero-order chi connectivity index (χ0) is 7.23. The predicted octanol–water partition coefficient (Wildman–Crippen LogP) is -1.07. The van der Waals surface area contributed by atoms with Crippen LogP contribution in [0.25, 0.3) is 0 Å². The molecule has 0 aliphatic carbocycles. The zero-order valence-corrected chi connectivity index (χ0v) is 7.92. The van der Waals surface area contributed by atoms with E-state index in [1.165, 1.54) is 3.57 Å². The number of hydrogen-bond donors (Lipinski definition) is 0. The summed E-state index contributed by atoms with van der Waals surface area (Å²) in [6.45, 7) is 1.89. The molecule has 0 fully saturated rings. The zero-order valence-electron chi connectivity index (χ0n) is 5.76. The predicted molar refractivity (Wildman–Crippen MR) is 38.6 cm³/mol. The SMILES string of the molecule is CC#C[I-]c1ccccc1. The second-order valence-corrected chi connectivity index (χ2v) is 4.06. The van der Waals surface area contributed by atoms with Crippen molar-refractivity contribution < 1.29 is 21.2 Å². The molecule has 0 radical (unpaired) electrons. The van der Waals surface area contributed by atoms with Gasteiger partial charge in [0.25, 0.3) is 0 Å². The van der Waals surface area contributed by atoms with Gasteiger partial charge in [0, 0.05) is 0 Å². The van der Waals surface area contributed by atoms with E-state index >= 15 is 0 Å². The van der Waals surface area contributed by atoms with Crippen LogP contribution in [0, 0.1) is 13.4 Å². The van der Waals surface area contributed by atoms with Gasteiger partial charge in [-0.05, 0) is 0 Å². The Kier molecular flexibility index (Phi) is 3.31. The Balaban J connectivity index is 2.64. The van der Waals surface area contributed by atoms with Gasteiger partial charge in [0.15, 0.2) is 0 Å². The van der Waals surface area contributed by atoms with E-state index in [-0.39, 0.29) is 21.2 Å². The molecule has 0 nitrogen and oxygen atoms in total. The van der Waals surface area contributed by atoms with Gasteiger partial charge in [0.2, 0.25) is 0 Å². The van der Waals surface area contributed by atoms with Crippen LogP contribution >= 0.6 is 0 Å². The fraction of sp³-hybridized carbons (Fsp3) is 0.111. The van der Waals surface area contributed by atoms with Gasteiger partial charge in [-0.15, -0.1) is 0 Å². The number of halogens is 1. The third-order valence-electron chi connectivity index (χ3n) is 0.984. The number of benzene rings is 1. The first kappa shape index (κ1) is 7.62. The quantitative estimate of drug-likeness (QED) is 0.435. The van der Waals surface area contributed by atoms with Crippen LogP contribution in [0.1, 0.15) is 6.92 Å². The first-order valence-corrected chi connectivity index (χ1v) is 5.20. The van der Waals surface area contributed by atoms with Crippen molar-refractivity contribution in [1.82, 2.24) is 0 Å². The fourth-order valence-electron chi connectivity index (χ4n) is 0.579. The van der Waals surface area contributed by atoms with Crippen LogP contribution < -0.4 is 21.2 Å². The van der Waals surface area contributed by atoms with Gasteiger partial charge >= 0.3 is 71.9 Å². The van der Waals surface area contributed by atoms with Crippen molar-refractivity contribution in [3.63, 3.8) is 0 Å². The van der Waals surface area contributed by atoms with E-state index in [1.54, 1.807) is 0 Å². The summed E-state index contributed by atoms with van der Waals surface area (Å²) in [7, 11) is 0. The molecule has 0 unspecified atom stereocenters. The van der Waals surface area contributed by atoms with E-state index in [2.05, 4.69) is 34.1 Å². The summed E-state index contributed by atoms with van der Waals surface area (Å²) < 4.78 is 4.52. The van der Waals surface area contributed by atoms with E-state index in [0.29, 0.717) is 0 Å². The van der Waals surface area contributed by atoms with Crippen LogP contribution in [0.5, 0.6) is 0 Å². The molecule has 0 heterocycles. The van der Waals surface area contributed by atoms with Crippen LogP contribution in [0.15, 0.2) is 30.3 Å². The molecule has 0 saturated heterocycles. The van der Waals surface area contributed by atoms with Crippen molar-refractivity contribution in [2.24, 2.45) is 0 Å². The topological polar surface area (TPSA) is 0 Å². The average Bonchev–Trinajstić information content (AvgIpc) is 2.03. The van der Waals surface area contributed by atoms with Crippen molar-refractivity contribution in [3.05, 3.63) is 33.9 Å². The second-order valence-electron chi connectivity index (χ2n) is 1.73. The average molecular weight is 243 g/mol. The Hall–Kier alpha value is -0.490. The normalized spacial score (nSPS) is 8.50. The summed E-state index contributed by atoms with van der Waals surface area (Å²) in [6.07, 6.45) is 0. The third kappa shape index (κ3) is 2.40. The van der Waals surface area contributed by atoms with Crippen LogP contribution in [0.2, 0.25) is 0 Å². The summed E-state index contributed by atoms with van der Waals surface area (Å²) in [5.41, 5.74) is 0. The Labute approximate surface area is 71.9 Å². The molecule has 1 aromatic carbocycles. The van der Waals surface area contributed by atoms with Crippen LogP contribution in [0.3, 0.4) is 0 Å². The van der Waals surface area contributed by atoms with Crippen molar-refractivity contribution in [1.29, 1.82) is 0 Å². The van der Waals surface area contributed by atoms with Crippen LogP contribution in [-0.4, -0.2) is 0 Å². The summed E-state index contributed by atoms with van der Waals surface area (Å²) >= 11 is -0.0344. The van der Waals surface area contributed by atoms with Gasteiger partial charge in [-0.2, -0.15) is 0 Å². The molecule has 1 aromatic rings. The number of rotatable bonds is 1. The summed E-state index contributed by atoms with van der Waals surface area (Å²) in [6, 6.07) is 10.4. The van der Waals surface area contributed by atoms with Crippen molar-refractivity contribution in [2.75, 3.05) is 0 Å². The first-order valence-electron chi connectivity index (χ1n) is 3.04. The molecule has 0 atom stereocenters. The standard InChI is InChI=1S/C9H8I/c1-2-8-10-9-6-4-3-5-7-9/h3-7H,1H3/q-1. The minimum absolute atomic E-state index is 0.0344. The Morgan fingerprint density at radius 1 is 1.20 bits per heavy atom.